The van der Waals surface area contributed by atoms with Crippen molar-refractivity contribution in [2.24, 2.45) is 4.40 Å². The number of nitrogens with one attached hydrogen (secondary N) is 1. The van der Waals surface area contributed by atoms with Gasteiger partial charge in [0.25, 0.3) is 10.0 Å². The van der Waals surface area contributed by atoms with E-state index >= 15 is 0 Å². The fourth-order valence-corrected chi connectivity index (χ4v) is 5.65. The van der Waals surface area contributed by atoms with Crippen LogP contribution >= 0.6 is 0 Å². The molecular weight excluding hydrogens is 418 g/mol. The maximum atomic E-state index is 13.3. The van der Waals surface area contributed by atoms with Crippen LogP contribution in [0.2, 0.25) is 0 Å². The summed E-state index contributed by atoms with van der Waals surface area (Å²) in [5, 5.41) is 2.88. The number of nitrogens with zero attached hydrogens (tertiary/aromatic N) is 4. The minimum absolute atomic E-state index is 0.0112. The predicted molar refractivity (Wildman–Crippen MR) is 116 cm³/mol. The molecular formula is C21H29N5O4S. The largest absolute Gasteiger partial charge is 0.355 e. The van der Waals surface area contributed by atoms with Gasteiger partial charge in [0.05, 0.1) is 6.54 Å². The first kappa shape index (κ1) is 21.8. The van der Waals surface area contributed by atoms with Crippen molar-refractivity contribution in [3.63, 3.8) is 0 Å². The number of benzene rings is 1. The summed E-state index contributed by atoms with van der Waals surface area (Å²) in [7, 11) is -3.71. The molecule has 0 saturated carbocycles. The molecule has 10 heteroatoms. The lowest BCUT2D eigenvalue weighted by Gasteiger charge is -2.37. The van der Waals surface area contributed by atoms with Gasteiger partial charge < -0.3 is 15.1 Å². The first-order valence-electron chi connectivity index (χ1n) is 10.9. The summed E-state index contributed by atoms with van der Waals surface area (Å²) in [6, 6.07) is 6.38. The topological polar surface area (TPSA) is 102 Å². The molecule has 0 aromatic heterocycles. The number of likely N-dealkylation sites (tertiary alicyclic amines) is 1. The number of amidine groups is 1. The molecule has 31 heavy (non-hydrogen) atoms. The van der Waals surface area contributed by atoms with Gasteiger partial charge in [0.1, 0.15) is 10.9 Å². The molecule has 0 spiro atoms. The fraction of sp³-hybridized carbons (Fsp3) is 0.571. The van der Waals surface area contributed by atoms with Crippen molar-refractivity contribution in [3.8, 4) is 0 Å². The molecule has 3 aliphatic heterocycles. The van der Waals surface area contributed by atoms with Gasteiger partial charge in [-0.2, -0.15) is 8.42 Å². The average Bonchev–Trinajstić information content (AvgIpc) is 3.35. The van der Waals surface area contributed by atoms with Crippen molar-refractivity contribution in [2.45, 2.75) is 37.1 Å². The van der Waals surface area contributed by atoms with Crippen molar-refractivity contribution < 1.29 is 18.0 Å². The quantitative estimate of drug-likeness (QED) is 0.695. The van der Waals surface area contributed by atoms with Crippen LogP contribution in [-0.2, 0) is 19.6 Å². The third-order valence-electron chi connectivity index (χ3n) is 6.05. The molecule has 168 valence electrons. The Morgan fingerprint density at radius 1 is 1.13 bits per heavy atom. The Labute approximate surface area is 183 Å². The van der Waals surface area contributed by atoms with Crippen LogP contribution in [0.15, 0.2) is 33.6 Å². The van der Waals surface area contributed by atoms with Crippen molar-refractivity contribution in [2.75, 3.05) is 45.8 Å². The van der Waals surface area contributed by atoms with Gasteiger partial charge in [-0.3, -0.25) is 14.5 Å². The van der Waals surface area contributed by atoms with Gasteiger partial charge in [-0.15, -0.1) is 4.40 Å². The number of sulfonamides is 1. The molecule has 3 heterocycles. The van der Waals surface area contributed by atoms with Gasteiger partial charge in [0, 0.05) is 44.8 Å². The van der Waals surface area contributed by atoms with Crippen LogP contribution < -0.4 is 5.32 Å². The molecule has 2 fully saturated rings. The summed E-state index contributed by atoms with van der Waals surface area (Å²) in [6.07, 6.45) is 2.40. The van der Waals surface area contributed by atoms with Crippen molar-refractivity contribution in [1.29, 1.82) is 0 Å². The molecule has 9 nitrogen and oxygen atoms in total. The number of carbonyl (C=O) groups excluding carboxylic acids is 2. The van der Waals surface area contributed by atoms with E-state index in [1.54, 1.807) is 24.3 Å². The first-order valence-corrected chi connectivity index (χ1v) is 12.3. The summed E-state index contributed by atoms with van der Waals surface area (Å²) in [5.41, 5.74) is 0.574. The highest BCUT2D eigenvalue weighted by molar-refractivity contribution is 7.90. The van der Waals surface area contributed by atoms with Crippen LogP contribution in [-0.4, -0.2) is 92.6 Å². The number of amides is 2. The zero-order chi connectivity index (χ0) is 22.0. The molecule has 2 amide bonds. The molecule has 0 aliphatic carbocycles. The fourth-order valence-electron chi connectivity index (χ4n) is 4.43. The molecule has 4 rings (SSSR count). The van der Waals surface area contributed by atoms with Crippen LogP contribution in [0, 0.1) is 0 Å². The zero-order valence-corrected chi connectivity index (χ0v) is 18.6. The van der Waals surface area contributed by atoms with E-state index in [1.165, 1.54) is 0 Å². The maximum absolute atomic E-state index is 13.3. The highest BCUT2D eigenvalue weighted by Crippen LogP contribution is 2.31. The van der Waals surface area contributed by atoms with Gasteiger partial charge in [-0.25, -0.2) is 0 Å². The third kappa shape index (κ3) is 4.45. The molecule has 0 unspecified atom stereocenters. The molecule has 0 radical (unpaired) electrons. The Morgan fingerprint density at radius 3 is 2.61 bits per heavy atom. The van der Waals surface area contributed by atoms with E-state index < -0.39 is 16.1 Å². The molecule has 1 aromatic rings. The summed E-state index contributed by atoms with van der Waals surface area (Å²) in [4.78, 5) is 31.2. The lowest BCUT2D eigenvalue weighted by molar-refractivity contribution is -0.136. The average molecular weight is 448 g/mol. The van der Waals surface area contributed by atoms with Crippen LogP contribution in [0.25, 0.3) is 0 Å². The standard InChI is InChI=1S/C21H29N5O4S/c1-2-9-22-19(27)15-24-11-13-25(14-12-24)21(28)17-7-5-10-26(17)20-16-6-3-4-8-18(16)31(29,30)23-20/h3-4,6,8,17H,2,5,7,9-15H2,1H3,(H,22,27)/t17-/m0/s1. The Balaban J connectivity index is 1.40. The van der Waals surface area contributed by atoms with E-state index in [4.69, 9.17) is 0 Å². The normalized spacial score (nSPS) is 22.9. The number of rotatable bonds is 5. The van der Waals surface area contributed by atoms with E-state index in [2.05, 4.69) is 14.6 Å². The summed E-state index contributed by atoms with van der Waals surface area (Å²) in [6.45, 7) is 6.07. The van der Waals surface area contributed by atoms with E-state index in [1.807, 2.05) is 16.7 Å². The van der Waals surface area contributed by atoms with Gasteiger partial charge in [-0.1, -0.05) is 19.1 Å². The molecule has 3 aliphatic rings. The molecule has 0 bridgehead atoms. The SMILES string of the molecule is CCCNC(=O)CN1CCN(C(=O)[C@@H]2CCCN2C2=NS(=O)(=O)c3ccccc32)CC1. The Morgan fingerprint density at radius 2 is 1.87 bits per heavy atom. The van der Waals surface area contributed by atoms with Crippen molar-refractivity contribution >= 4 is 27.7 Å². The predicted octanol–water partition coefficient (Wildman–Crippen LogP) is 0.270. The van der Waals surface area contributed by atoms with Crippen LogP contribution in [0.5, 0.6) is 0 Å². The molecule has 2 saturated heterocycles. The second-order valence-electron chi connectivity index (χ2n) is 8.19. The lowest BCUT2D eigenvalue weighted by atomic mass is 10.1. The highest BCUT2D eigenvalue weighted by atomic mass is 32.2. The zero-order valence-electron chi connectivity index (χ0n) is 17.8. The lowest BCUT2D eigenvalue weighted by Crippen LogP contribution is -2.55. The number of carbonyl (C=O) groups is 2. The van der Waals surface area contributed by atoms with E-state index in [0.717, 1.165) is 12.8 Å². The second kappa shape index (κ2) is 8.96. The summed E-state index contributed by atoms with van der Waals surface area (Å²) < 4.78 is 28.9. The summed E-state index contributed by atoms with van der Waals surface area (Å²) in [5.74, 6) is 0.414. The monoisotopic (exact) mass is 447 g/mol. The van der Waals surface area contributed by atoms with Gasteiger partial charge in [-0.05, 0) is 31.4 Å². The number of hydrogen-bond donors (Lipinski definition) is 1. The van der Waals surface area contributed by atoms with E-state index in [0.29, 0.717) is 63.6 Å². The molecule has 1 N–H and O–H groups in total. The van der Waals surface area contributed by atoms with Crippen LogP contribution in [0.3, 0.4) is 0 Å². The number of piperazine rings is 1. The van der Waals surface area contributed by atoms with Crippen LogP contribution in [0.1, 0.15) is 31.7 Å². The maximum Gasteiger partial charge on any atom is 0.285 e. The van der Waals surface area contributed by atoms with Crippen molar-refractivity contribution in [3.05, 3.63) is 29.8 Å². The van der Waals surface area contributed by atoms with E-state index in [9.17, 15) is 18.0 Å². The van der Waals surface area contributed by atoms with Crippen LogP contribution in [0.4, 0.5) is 0 Å². The van der Waals surface area contributed by atoms with Gasteiger partial charge in [0.15, 0.2) is 5.84 Å². The number of hydrogen-bond acceptors (Lipinski definition) is 6. The van der Waals surface area contributed by atoms with Crippen molar-refractivity contribution in [1.82, 2.24) is 20.0 Å². The minimum atomic E-state index is -3.71. The van der Waals surface area contributed by atoms with Gasteiger partial charge >= 0.3 is 0 Å². The number of fused-ring (bicyclic) bond motifs is 1. The summed E-state index contributed by atoms with van der Waals surface area (Å²) >= 11 is 0. The second-order valence-corrected chi connectivity index (χ2v) is 9.76. The Kier molecular flexibility index (Phi) is 6.29. The third-order valence-corrected chi connectivity index (χ3v) is 7.37. The smallest absolute Gasteiger partial charge is 0.285 e. The molecule has 1 aromatic carbocycles. The Hall–Kier alpha value is -2.46. The minimum Gasteiger partial charge on any atom is -0.355 e. The van der Waals surface area contributed by atoms with E-state index in [-0.39, 0.29) is 16.7 Å². The highest BCUT2D eigenvalue weighted by Gasteiger charge is 2.41. The molecule has 1 atom stereocenters. The first-order chi connectivity index (χ1) is 14.9. The Bertz CT molecular complexity index is 985. The van der Waals surface area contributed by atoms with Gasteiger partial charge in [0.2, 0.25) is 11.8 Å².